The summed E-state index contributed by atoms with van der Waals surface area (Å²) in [5.74, 6) is -0.0783. The van der Waals surface area contributed by atoms with Crippen LogP contribution in [0.4, 0.5) is 0 Å². The predicted molar refractivity (Wildman–Crippen MR) is 74.7 cm³/mol. The molecule has 0 amide bonds. The van der Waals surface area contributed by atoms with E-state index in [4.69, 9.17) is 19.2 Å². The third-order valence-corrected chi connectivity index (χ3v) is 2.49. The molecule has 5 nitrogen and oxygen atoms in total. The average Bonchev–Trinajstić information content (AvgIpc) is 2.47. The average molecular weight is 282 g/mol. The molecule has 5 heteroatoms. The van der Waals surface area contributed by atoms with Crippen LogP contribution in [0.2, 0.25) is 0 Å². The predicted octanol–water partition coefficient (Wildman–Crippen LogP) is 2.99. The number of carbonyl (C=O) groups excluding carboxylic acids is 1. The molecular weight excluding hydrogens is 260 g/mol. The zero-order valence-electron chi connectivity index (χ0n) is 12.1. The maximum atomic E-state index is 11.8. The third-order valence-electron chi connectivity index (χ3n) is 2.49. The minimum absolute atomic E-state index is 0.215. The van der Waals surface area contributed by atoms with Gasteiger partial charge in [0.15, 0.2) is 0 Å². The van der Waals surface area contributed by atoms with Gasteiger partial charge < -0.3 is 9.47 Å². The molecule has 0 heterocycles. The normalized spacial score (nSPS) is 10.3. The van der Waals surface area contributed by atoms with Gasteiger partial charge >= 0.3 is 5.97 Å². The summed E-state index contributed by atoms with van der Waals surface area (Å²) in [4.78, 5) is 21.4. The van der Waals surface area contributed by atoms with Gasteiger partial charge in [-0.15, -0.1) is 0 Å². The van der Waals surface area contributed by atoms with Gasteiger partial charge in [0.25, 0.3) is 0 Å². The molecule has 0 aliphatic heterocycles. The Morgan fingerprint density at radius 3 is 2.65 bits per heavy atom. The fourth-order valence-corrected chi connectivity index (χ4v) is 1.50. The smallest absolute Gasteiger partial charge is 0.376 e. The standard InChI is InChI=1S/C15H22O5/c1-3-5-10-17-11-12-19-20-15(16)13-8-6-7-9-14(13)18-4-2/h6-9H,3-5,10-12H2,1-2H3. The summed E-state index contributed by atoms with van der Waals surface area (Å²) in [5.41, 5.74) is 0.348. The fraction of sp³-hybridized carbons (Fsp3) is 0.533. The van der Waals surface area contributed by atoms with E-state index < -0.39 is 5.97 Å². The molecule has 1 rings (SSSR count). The van der Waals surface area contributed by atoms with Gasteiger partial charge in [-0.05, 0) is 25.5 Å². The number of unbranched alkanes of at least 4 members (excludes halogenated alkanes) is 1. The lowest BCUT2D eigenvalue weighted by molar-refractivity contribution is -0.247. The van der Waals surface area contributed by atoms with Gasteiger partial charge in [-0.3, -0.25) is 4.89 Å². The number of ether oxygens (including phenoxy) is 2. The maximum Gasteiger partial charge on any atom is 0.376 e. The number of rotatable bonds is 10. The zero-order chi connectivity index (χ0) is 14.6. The Kier molecular flexibility index (Phi) is 8.42. The van der Waals surface area contributed by atoms with Gasteiger partial charge in [-0.25, -0.2) is 4.79 Å². The Morgan fingerprint density at radius 2 is 1.90 bits per heavy atom. The molecule has 0 unspecified atom stereocenters. The van der Waals surface area contributed by atoms with E-state index in [0.29, 0.717) is 31.1 Å². The summed E-state index contributed by atoms with van der Waals surface area (Å²) in [5, 5.41) is 0. The van der Waals surface area contributed by atoms with Crippen molar-refractivity contribution >= 4 is 5.97 Å². The summed E-state index contributed by atoms with van der Waals surface area (Å²) >= 11 is 0. The fourth-order valence-electron chi connectivity index (χ4n) is 1.50. The number of hydrogen-bond acceptors (Lipinski definition) is 5. The molecule has 20 heavy (non-hydrogen) atoms. The van der Waals surface area contributed by atoms with E-state index in [0.717, 1.165) is 12.8 Å². The monoisotopic (exact) mass is 282 g/mol. The van der Waals surface area contributed by atoms with Crippen molar-refractivity contribution in [3.8, 4) is 5.75 Å². The molecule has 0 saturated carbocycles. The summed E-state index contributed by atoms with van der Waals surface area (Å²) in [6.07, 6.45) is 2.10. The maximum absolute atomic E-state index is 11.8. The molecule has 0 aliphatic rings. The first-order valence-corrected chi connectivity index (χ1v) is 6.93. The number of hydrogen-bond donors (Lipinski definition) is 0. The van der Waals surface area contributed by atoms with E-state index in [2.05, 4.69) is 6.92 Å². The van der Waals surface area contributed by atoms with Gasteiger partial charge in [0.2, 0.25) is 0 Å². The topological polar surface area (TPSA) is 54.0 Å². The highest BCUT2D eigenvalue weighted by Crippen LogP contribution is 2.18. The van der Waals surface area contributed by atoms with Gasteiger partial charge in [0.05, 0.1) is 13.2 Å². The first-order valence-electron chi connectivity index (χ1n) is 6.93. The van der Waals surface area contributed by atoms with Crippen molar-refractivity contribution in [3.05, 3.63) is 29.8 Å². The van der Waals surface area contributed by atoms with E-state index in [1.807, 2.05) is 6.92 Å². The second-order valence-corrected chi connectivity index (χ2v) is 4.09. The van der Waals surface area contributed by atoms with Crippen molar-refractivity contribution in [1.29, 1.82) is 0 Å². The molecule has 112 valence electrons. The highest BCUT2D eigenvalue weighted by Gasteiger charge is 2.14. The largest absolute Gasteiger partial charge is 0.493 e. The first kappa shape index (κ1) is 16.5. The number of para-hydroxylation sites is 1. The second kappa shape index (κ2) is 10.2. The van der Waals surface area contributed by atoms with Gasteiger partial charge in [0.1, 0.15) is 17.9 Å². The molecular formula is C15H22O5. The Hall–Kier alpha value is -1.59. The van der Waals surface area contributed by atoms with Crippen molar-refractivity contribution in [3.63, 3.8) is 0 Å². The lowest BCUT2D eigenvalue weighted by Gasteiger charge is -2.09. The molecule has 1 aromatic carbocycles. The molecule has 0 aromatic heterocycles. The van der Waals surface area contributed by atoms with Crippen LogP contribution in [0.15, 0.2) is 24.3 Å². The molecule has 0 spiro atoms. The summed E-state index contributed by atoms with van der Waals surface area (Å²) in [6, 6.07) is 6.89. The second-order valence-electron chi connectivity index (χ2n) is 4.09. The molecule has 0 aliphatic carbocycles. The molecule has 0 atom stereocenters. The Bertz CT molecular complexity index is 392. The van der Waals surface area contributed by atoms with Crippen molar-refractivity contribution in [1.82, 2.24) is 0 Å². The van der Waals surface area contributed by atoms with Crippen molar-refractivity contribution in [2.24, 2.45) is 0 Å². The van der Waals surface area contributed by atoms with Crippen LogP contribution in [0.1, 0.15) is 37.0 Å². The zero-order valence-corrected chi connectivity index (χ0v) is 12.1. The molecule has 0 saturated heterocycles. The van der Waals surface area contributed by atoms with Crippen LogP contribution in [0, 0.1) is 0 Å². The highest BCUT2D eigenvalue weighted by molar-refractivity contribution is 5.92. The lowest BCUT2D eigenvalue weighted by Crippen LogP contribution is -2.12. The van der Waals surface area contributed by atoms with E-state index in [1.54, 1.807) is 24.3 Å². The minimum Gasteiger partial charge on any atom is -0.493 e. The lowest BCUT2D eigenvalue weighted by atomic mass is 10.2. The molecule has 0 N–H and O–H groups in total. The van der Waals surface area contributed by atoms with E-state index in [9.17, 15) is 4.79 Å². The molecule has 0 fully saturated rings. The quantitative estimate of drug-likeness (QED) is 0.375. The van der Waals surface area contributed by atoms with Crippen molar-refractivity contribution in [2.75, 3.05) is 26.4 Å². The SMILES string of the molecule is CCCCOCCOOC(=O)c1ccccc1OCC. The van der Waals surface area contributed by atoms with Gasteiger partial charge in [-0.1, -0.05) is 25.5 Å². The van der Waals surface area contributed by atoms with E-state index in [1.165, 1.54) is 0 Å². The Labute approximate surface area is 119 Å². The molecule has 0 bridgehead atoms. The van der Waals surface area contributed by atoms with Crippen LogP contribution < -0.4 is 4.74 Å². The Morgan fingerprint density at radius 1 is 1.10 bits per heavy atom. The van der Waals surface area contributed by atoms with E-state index >= 15 is 0 Å². The van der Waals surface area contributed by atoms with Crippen molar-refractivity contribution in [2.45, 2.75) is 26.7 Å². The number of benzene rings is 1. The van der Waals surface area contributed by atoms with Gasteiger partial charge in [0, 0.05) is 6.61 Å². The number of carbonyl (C=O) groups is 1. The van der Waals surface area contributed by atoms with Crippen LogP contribution in [-0.2, 0) is 14.5 Å². The minimum atomic E-state index is -0.567. The Balaban J connectivity index is 2.29. The summed E-state index contributed by atoms with van der Waals surface area (Å²) < 4.78 is 10.6. The first-order chi connectivity index (χ1) is 9.79. The van der Waals surface area contributed by atoms with Crippen LogP contribution in [0.3, 0.4) is 0 Å². The van der Waals surface area contributed by atoms with Gasteiger partial charge in [-0.2, -0.15) is 4.89 Å². The summed E-state index contributed by atoms with van der Waals surface area (Å²) in [7, 11) is 0. The van der Waals surface area contributed by atoms with Crippen LogP contribution in [-0.4, -0.2) is 32.4 Å². The third kappa shape index (κ3) is 6.04. The van der Waals surface area contributed by atoms with Crippen LogP contribution >= 0.6 is 0 Å². The van der Waals surface area contributed by atoms with Crippen molar-refractivity contribution < 1.29 is 24.0 Å². The summed E-state index contributed by atoms with van der Waals surface area (Å²) in [6.45, 7) is 5.74. The van der Waals surface area contributed by atoms with Crippen LogP contribution in [0.25, 0.3) is 0 Å². The van der Waals surface area contributed by atoms with Crippen LogP contribution in [0.5, 0.6) is 5.75 Å². The molecule has 0 radical (unpaired) electrons. The highest BCUT2D eigenvalue weighted by atomic mass is 17.2. The molecule has 1 aromatic rings. The van der Waals surface area contributed by atoms with E-state index in [-0.39, 0.29) is 6.61 Å².